The first kappa shape index (κ1) is 23.4. The molecule has 9 heteroatoms. The molecule has 0 saturated carbocycles. The molecule has 2 aromatic carbocycles. The maximum absolute atomic E-state index is 14.3. The van der Waals surface area contributed by atoms with Crippen molar-refractivity contribution in [1.29, 1.82) is 0 Å². The molecule has 1 aliphatic rings. The van der Waals surface area contributed by atoms with Crippen LogP contribution < -0.4 is 10.1 Å². The molecule has 1 saturated heterocycles. The number of aliphatic hydroxyl groups is 1. The highest BCUT2D eigenvalue weighted by molar-refractivity contribution is 5.93. The minimum absolute atomic E-state index is 0.0303. The van der Waals surface area contributed by atoms with E-state index in [0.717, 1.165) is 11.1 Å². The highest BCUT2D eigenvalue weighted by Crippen LogP contribution is 2.25. The molecule has 2 amide bonds. The van der Waals surface area contributed by atoms with Gasteiger partial charge in [0.25, 0.3) is 5.91 Å². The highest BCUT2D eigenvalue weighted by Gasteiger charge is 2.29. The Balaban J connectivity index is 1.60. The van der Waals surface area contributed by atoms with Crippen molar-refractivity contribution in [1.82, 2.24) is 20.0 Å². The van der Waals surface area contributed by atoms with Crippen LogP contribution in [0, 0.1) is 12.7 Å². The van der Waals surface area contributed by atoms with Crippen LogP contribution in [0.2, 0.25) is 0 Å². The van der Waals surface area contributed by atoms with Crippen molar-refractivity contribution in [2.75, 3.05) is 20.2 Å². The zero-order chi connectivity index (χ0) is 24.2. The van der Waals surface area contributed by atoms with Gasteiger partial charge in [-0.3, -0.25) is 9.59 Å². The molecular weight excluding hydrogens is 439 g/mol. The number of ether oxygens (including phenoxy) is 1. The maximum Gasteiger partial charge on any atom is 0.272 e. The van der Waals surface area contributed by atoms with E-state index in [2.05, 4.69) is 10.4 Å². The number of hydrogen-bond acceptors (Lipinski definition) is 5. The number of rotatable bonds is 7. The van der Waals surface area contributed by atoms with Crippen LogP contribution in [0.4, 0.5) is 4.39 Å². The first-order chi connectivity index (χ1) is 16.4. The van der Waals surface area contributed by atoms with Crippen LogP contribution in [-0.2, 0) is 4.79 Å². The van der Waals surface area contributed by atoms with Crippen molar-refractivity contribution in [3.8, 4) is 11.6 Å². The van der Waals surface area contributed by atoms with Crippen LogP contribution in [0.25, 0.3) is 5.69 Å². The smallest absolute Gasteiger partial charge is 0.272 e. The molecule has 8 nitrogen and oxygen atoms in total. The summed E-state index contributed by atoms with van der Waals surface area (Å²) in [6, 6.07) is 14.4. The molecule has 0 spiro atoms. The maximum atomic E-state index is 14.3. The number of hydrogen-bond donors (Lipinski definition) is 2. The summed E-state index contributed by atoms with van der Waals surface area (Å²) in [6.07, 6.45) is 0.0553. The molecule has 2 heterocycles. The number of carbonyl (C=O) groups excluding carboxylic acids is 2. The summed E-state index contributed by atoms with van der Waals surface area (Å²) in [4.78, 5) is 27.7. The number of amides is 2. The fourth-order valence-corrected chi connectivity index (χ4v) is 4.14. The summed E-state index contributed by atoms with van der Waals surface area (Å²) in [6.45, 7) is 2.69. The van der Waals surface area contributed by atoms with Crippen LogP contribution >= 0.6 is 0 Å². The van der Waals surface area contributed by atoms with Crippen molar-refractivity contribution in [3.05, 3.63) is 77.2 Å². The third-order valence-electron chi connectivity index (χ3n) is 5.96. The topological polar surface area (TPSA) is 96.7 Å². The van der Waals surface area contributed by atoms with E-state index in [9.17, 15) is 19.1 Å². The zero-order valence-corrected chi connectivity index (χ0v) is 19.1. The minimum atomic E-state index is -0.608. The van der Waals surface area contributed by atoms with Crippen LogP contribution in [0.15, 0.2) is 54.6 Å². The lowest BCUT2D eigenvalue weighted by atomic mass is 9.98. The van der Waals surface area contributed by atoms with Crippen LogP contribution in [0.5, 0.6) is 5.88 Å². The number of halogens is 1. The molecule has 3 aromatic rings. The van der Waals surface area contributed by atoms with Gasteiger partial charge in [-0.05, 0) is 36.6 Å². The molecule has 0 radical (unpaired) electrons. The normalized spacial score (nSPS) is 16.4. The lowest BCUT2D eigenvalue weighted by Crippen LogP contribution is -2.36. The van der Waals surface area contributed by atoms with Gasteiger partial charge in [-0.25, -0.2) is 4.39 Å². The Morgan fingerprint density at radius 2 is 1.97 bits per heavy atom. The Kier molecular flexibility index (Phi) is 6.93. The summed E-state index contributed by atoms with van der Waals surface area (Å²) in [5, 5.41) is 17.0. The number of aliphatic hydroxyl groups excluding tert-OH is 1. The lowest BCUT2D eigenvalue weighted by Gasteiger charge is -2.23. The molecule has 178 valence electrons. The molecule has 0 unspecified atom stereocenters. The SMILES string of the molecule is COc1cc(C(=O)N[C@@H](CC(=O)N2CC[C@H](O)C2)c2ccccc2C)nn1-c1ccccc1F. The number of para-hydroxylation sites is 1. The van der Waals surface area contributed by atoms with E-state index in [1.807, 2.05) is 31.2 Å². The number of aromatic nitrogens is 2. The summed E-state index contributed by atoms with van der Waals surface area (Å²) in [7, 11) is 1.41. The van der Waals surface area contributed by atoms with Gasteiger partial charge >= 0.3 is 0 Å². The van der Waals surface area contributed by atoms with E-state index in [4.69, 9.17) is 4.74 Å². The number of benzene rings is 2. The Hall–Kier alpha value is -3.72. The third kappa shape index (κ3) is 4.94. The quantitative estimate of drug-likeness (QED) is 0.558. The van der Waals surface area contributed by atoms with Crippen LogP contribution in [0.3, 0.4) is 0 Å². The van der Waals surface area contributed by atoms with Gasteiger partial charge in [-0.1, -0.05) is 36.4 Å². The lowest BCUT2D eigenvalue weighted by molar-refractivity contribution is -0.131. The number of nitrogens with zero attached hydrogens (tertiary/aromatic N) is 3. The van der Waals surface area contributed by atoms with Crippen molar-refractivity contribution >= 4 is 11.8 Å². The Morgan fingerprint density at radius 1 is 1.24 bits per heavy atom. The number of methoxy groups -OCH3 is 1. The first-order valence-corrected chi connectivity index (χ1v) is 11.1. The summed E-state index contributed by atoms with van der Waals surface area (Å²) >= 11 is 0. The number of likely N-dealkylation sites (tertiary alicyclic amines) is 1. The summed E-state index contributed by atoms with van der Waals surface area (Å²) in [5.41, 5.74) is 1.92. The van der Waals surface area contributed by atoms with Crippen molar-refractivity contribution in [3.63, 3.8) is 0 Å². The number of carbonyl (C=O) groups is 2. The van der Waals surface area contributed by atoms with Crippen molar-refractivity contribution in [2.24, 2.45) is 0 Å². The van der Waals surface area contributed by atoms with E-state index >= 15 is 0 Å². The largest absolute Gasteiger partial charge is 0.481 e. The molecule has 2 atom stereocenters. The molecule has 0 bridgehead atoms. The summed E-state index contributed by atoms with van der Waals surface area (Å²) < 4.78 is 20.9. The van der Waals surface area contributed by atoms with Gasteiger partial charge in [-0.15, -0.1) is 0 Å². The van der Waals surface area contributed by atoms with Crippen LogP contribution in [0.1, 0.15) is 40.5 Å². The number of nitrogens with one attached hydrogen (secondary N) is 1. The standard InChI is InChI=1S/C25H27FN4O4/c1-16-7-3-4-8-18(16)20(13-23(32)29-12-11-17(31)15-29)27-25(33)21-14-24(34-2)30(28-21)22-10-6-5-9-19(22)26/h3-10,14,17,20,31H,11-13,15H2,1-2H3,(H,27,33)/t17-,20-/m0/s1. The van der Waals surface area contributed by atoms with Crippen molar-refractivity contribution in [2.45, 2.75) is 31.9 Å². The van der Waals surface area contributed by atoms with Gasteiger partial charge in [0.05, 0.1) is 25.7 Å². The highest BCUT2D eigenvalue weighted by atomic mass is 19.1. The molecule has 1 aromatic heterocycles. The second kappa shape index (κ2) is 10.0. The monoisotopic (exact) mass is 466 g/mol. The fraction of sp³-hybridized carbons (Fsp3) is 0.320. The van der Waals surface area contributed by atoms with Crippen LogP contribution in [-0.4, -0.2) is 57.9 Å². The van der Waals surface area contributed by atoms with Gasteiger partial charge in [0.1, 0.15) is 11.5 Å². The molecular formula is C25H27FN4O4. The zero-order valence-electron chi connectivity index (χ0n) is 19.1. The van der Waals surface area contributed by atoms with Gasteiger partial charge in [0.15, 0.2) is 5.69 Å². The number of β-amino-alcohol motifs (C(OH)–C–C–N with tert-alkyl or cyclic N) is 1. The van der Waals surface area contributed by atoms with E-state index in [1.165, 1.54) is 30.0 Å². The predicted molar refractivity (Wildman–Crippen MR) is 123 cm³/mol. The number of aryl methyl sites for hydroxylation is 1. The second-order valence-electron chi connectivity index (χ2n) is 8.30. The third-order valence-corrected chi connectivity index (χ3v) is 5.96. The Labute approximate surface area is 197 Å². The van der Waals surface area contributed by atoms with Gasteiger partial charge in [0.2, 0.25) is 11.8 Å². The molecule has 1 fully saturated rings. The van der Waals surface area contributed by atoms with Gasteiger partial charge in [-0.2, -0.15) is 9.78 Å². The van der Waals surface area contributed by atoms with Crippen molar-refractivity contribution < 1.29 is 23.8 Å². The van der Waals surface area contributed by atoms with E-state index < -0.39 is 23.9 Å². The second-order valence-corrected chi connectivity index (χ2v) is 8.30. The molecule has 2 N–H and O–H groups in total. The fourth-order valence-electron chi connectivity index (χ4n) is 4.14. The van der Waals surface area contributed by atoms with Gasteiger partial charge in [0, 0.05) is 19.2 Å². The molecule has 0 aliphatic carbocycles. The first-order valence-electron chi connectivity index (χ1n) is 11.1. The average Bonchev–Trinajstić information content (AvgIpc) is 3.46. The van der Waals surface area contributed by atoms with E-state index in [0.29, 0.717) is 13.0 Å². The molecule has 34 heavy (non-hydrogen) atoms. The van der Waals surface area contributed by atoms with E-state index in [-0.39, 0.29) is 36.1 Å². The predicted octanol–water partition coefficient (Wildman–Crippen LogP) is 2.78. The van der Waals surface area contributed by atoms with E-state index in [1.54, 1.807) is 17.0 Å². The minimum Gasteiger partial charge on any atom is -0.481 e. The molecule has 1 aliphatic heterocycles. The van der Waals surface area contributed by atoms with Gasteiger partial charge < -0.3 is 20.1 Å². The summed E-state index contributed by atoms with van der Waals surface area (Å²) in [5.74, 6) is -0.979. The molecule has 4 rings (SSSR count). The Bertz CT molecular complexity index is 1200. The average molecular weight is 467 g/mol. The Morgan fingerprint density at radius 3 is 2.65 bits per heavy atom.